The highest BCUT2D eigenvalue weighted by Crippen LogP contribution is 2.21. The summed E-state index contributed by atoms with van der Waals surface area (Å²) in [6.07, 6.45) is 4.42. The maximum Gasteiger partial charge on any atom is 0.272 e. The average molecular weight is 393 g/mol. The van der Waals surface area contributed by atoms with Gasteiger partial charge in [0.25, 0.3) is 5.91 Å². The van der Waals surface area contributed by atoms with E-state index >= 15 is 0 Å². The van der Waals surface area contributed by atoms with Gasteiger partial charge in [0, 0.05) is 35.9 Å². The Hall–Kier alpha value is -1.85. The first-order valence-electron chi connectivity index (χ1n) is 8.83. The fourth-order valence-electron chi connectivity index (χ4n) is 2.97. The molecule has 0 radical (unpaired) electrons. The molecular formula is C19H22Cl2N4O. The van der Waals surface area contributed by atoms with E-state index in [2.05, 4.69) is 22.2 Å². The second-order valence-corrected chi connectivity index (χ2v) is 7.50. The molecule has 1 fully saturated rings. The summed E-state index contributed by atoms with van der Waals surface area (Å²) >= 11 is 12.1. The summed E-state index contributed by atoms with van der Waals surface area (Å²) in [7, 11) is 0. The lowest BCUT2D eigenvalue weighted by Gasteiger charge is -2.30. The molecule has 2 aromatic rings. The third-order valence-corrected chi connectivity index (χ3v) is 5.23. The Kier molecular flexibility index (Phi) is 6.33. The van der Waals surface area contributed by atoms with E-state index < -0.39 is 0 Å². The van der Waals surface area contributed by atoms with Crippen LogP contribution >= 0.6 is 23.2 Å². The molecule has 1 aromatic carbocycles. The standard InChI is InChI=1S/C19H22Cl2N4O/c1-13-6-10-25(11-7-13)18(26)17-5-9-23-19(24-17)22-8-4-14-2-3-15(20)12-16(14)21/h2-3,5,9,12-13H,4,6-8,10-11H2,1H3,(H,22,23,24). The summed E-state index contributed by atoms with van der Waals surface area (Å²) in [6.45, 7) is 4.42. The molecule has 0 saturated carbocycles. The van der Waals surface area contributed by atoms with Crippen LogP contribution in [0.4, 0.5) is 5.95 Å². The minimum absolute atomic E-state index is 0.0249. The maximum atomic E-state index is 12.6. The van der Waals surface area contributed by atoms with Crippen LogP contribution in [0.1, 0.15) is 35.8 Å². The van der Waals surface area contributed by atoms with Crippen molar-refractivity contribution in [1.29, 1.82) is 0 Å². The zero-order valence-corrected chi connectivity index (χ0v) is 16.2. The molecule has 0 atom stereocenters. The van der Waals surface area contributed by atoms with Crippen LogP contribution in [-0.4, -0.2) is 40.4 Å². The highest BCUT2D eigenvalue weighted by molar-refractivity contribution is 6.35. The number of amides is 1. The number of anilines is 1. The normalized spacial score (nSPS) is 15.1. The Morgan fingerprint density at radius 3 is 2.77 bits per heavy atom. The zero-order chi connectivity index (χ0) is 18.5. The highest BCUT2D eigenvalue weighted by atomic mass is 35.5. The molecule has 1 aliphatic rings. The zero-order valence-electron chi connectivity index (χ0n) is 14.7. The molecule has 1 amide bonds. The van der Waals surface area contributed by atoms with Gasteiger partial charge in [-0.1, -0.05) is 36.2 Å². The summed E-state index contributed by atoms with van der Waals surface area (Å²) in [4.78, 5) is 23.0. The van der Waals surface area contributed by atoms with Crippen molar-refractivity contribution in [3.8, 4) is 0 Å². The average Bonchev–Trinajstić information content (AvgIpc) is 2.64. The molecule has 0 unspecified atom stereocenters. The first kappa shape index (κ1) is 18.9. The Bertz CT molecular complexity index is 776. The number of likely N-dealkylation sites (tertiary alicyclic amines) is 1. The van der Waals surface area contributed by atoms with Crippen LogP contribution in [0.15, 0.2) is 30.5 Å². The van der Waals surface area contributed by atoms with Crippen molar-refractivity contribution >= 4 is 35.1 Å². The van der Waals surface area contributed by atoms with Crippen molar-refractivity contribution < 1.29 is 4.79 Å². The molecule has 1 saturated heterocycles. The van der Waals surface area contributed by atoms with Crippen molar-refractivity contribution in [3.05, 3.63) is 51.8 Å². The number of halogens is 2. The Morgan fingerprint density at radius 2 is 2.04 bits per heavy atom. The number of nitrogens with zero attached hydrogens (tertiary/aromatic N) is 3. The minimum Gasteiger partial charge on any atom is -0.354 e. The quantitative estimate of drug-likeness (QED) is 0.823. The number of rotatable bonds is 5. The van der Waals surface area contributed by atoms with Crippen LogP contribution in [0.2, 0.25) is 10.0 Å². The third-order valence-electron chi connectivity index (χ3n) is 4.64. The molecule has 1 aromatic heterocycles. The van der Waals surface area contributed by atoms with Gasteiger partial charge in [-0.25, -0.2) is 9.97 Å². The van der Waals surface area contributed by atoms with Crippen LogP contribution in [0.3, 0.4) is 0 Å². The summed E-state index contributed by atoms with van der Waals surface area (Å²) < 4.78 is 0. The summed E-state index contributed by atoms with van der Waals surface area (Å²) in [5.41, 5.74) is 1.43. The van der Waals surface area contributed by atoms with E-state index in [-0.39, 0.29) is 5.91 Å². The lowest BCUT2D eigenvalue weighted by atomic mass is 9.99. The fraction of sp³-hybridized carbons (Fsp3) is 0.421. The Labute approximate surface area is 163 Å². The molecule has 2 heterocycles. The number of aromatic nitrogens is 2. The van der Waals surface area contributed by atoms with Crippen molar-refractivity contribution in [3.63, 3.8) is 0 Å². The largest absolute Gasteiger partial charge is 0.354 e. The van der Waals surface area contributed by atoms with E-state index in [0.29, 0.717) is 40.6 Å². The molecule has 1 aliphatic heterocycles. The molecule has 0 spiro atoms. The van der Waals surface area contributed by atoms with Gasteiger partial charge < -0.3 is 10.2 Å². The van der Waals surface area contributed by atoms with Gasteiger partial charge in [-0.15, -0.1) is 0 Å². The van der Waals surface area contributed by atoms with E-state index in [4.69, 9.17) is 23.2 Å². The highest BCUT2D eigenvalue weighted by Gasteiger charge is 2.22. The lowest BCUT2D eigenvalue weighted by molar-refractivity contribution is 0.0691. The SMILES string of the molecule is CC1CCN(C(=O)c2ccnc(NCCc3ccc(Cl)cc3Cl)n2)CC1. The smallest absolute Gasteiger partial charge is 0.272 e. The Balaban J connectivity index is 1.58. The van der Waals surface area contributed by atoms with E-state index in [1.807, 2.05) is 17.0 Å². The van der Waals surface area contributed by atoms with Crippen molar-refractivity contribution in [2.45, 2.75) is 26.2 Å². The molecule has 26 heavy (non-hydrogen) atoms. The van der Waals surface area contributed by atoms with Gasteiger partial charge in [0.15, 0.2) is 0 Å². The topological polar surface area (TPSA) is 58.1 Å². The predicted molar refractivity (Wildman–Crippen MR) is 105 cm³/mol. The fourth-order valence-corrected chi connectivity index (χ4v) is 3.47. The van der Waals surface area contributed by atoms with Crippen molar-refractivity contribution in [2.75, 3.05) is 25.0 Å². The molecular weight excluding hydrogens is 371 g/mol. The van der Waals surface area contributed by atoms with Gasteiger partial charge in [0.05, 0.1) is 0 Å². The number of carbonyl (C=O) groups excluding carboxylic acids is 1. The van der Waals surface area contributed by atoms with Gasteiger partial charge in [0.1, 0.15) is 5.69 Å². The second-order valence-electron chi connectivity index (χ2n) is 6.65. The molecule has 0 aliphatic carbocycles. The number of hydrogen-bond acceptors (Lipinski definition) is 4. The van der Waals surface area contributed by atoms with Crippen LogP contribution in [0.25, 0.3) is 0 Å². The van der Waals surface area contributed by atoms with Gasteiger partial charge in [-0.3, -0.25) is 4.79 Å². The molecule has 7 heteroatoms. The maximum absolute atomic E-state index is 12.6. The number of benzene rings is 1. The number of nitrogens with one attached hydrogen (secondary N) is 1. The van der Waals surface area contributed by atoms with E-state index in [0.717, 1.165) is 31.5 Å². The third kappa shape index (κ3) is 4.86. The van der Waals surface area contributed by atoms with Crippen LogP contribution in [0, 0.1) is 5.92 Å². The first-order chi connectivity index (χ1) is 12.5. The second kappa shape index (κ2) is 8.69. The summed E-state index contributed by atoms with van der Waals surface area (Å²) in [5, 5.41) is 4.42. The predicted octanol–water partition coefficient (Wildman–Crippen LogP) is 4.31. The number of carbonyl (C=O) groups is 1. The molecule has 0 bridgehead atoms. The molecule has 1 N–H and O–H groups in total. The van der Waals surface area contributed by atoms with Crippen LogP contribution in [0.5, 0.6) is 0 Å². The number of hydrogen-bond donors (Lipinski definition) is 1. The van der Waals surface area contributed by atoms with Crippen LogP contribution in [-0.2, 0) is 6.42 Å². The van der Waals surface area contributed by atoms with E-state index in [1.54, 1.807) is 18.3 Å². The summed E-state index contributed by atoms with van der Waals surface area (Å²) in [5.74, 6) is 1.11. The summed E-state index contributed by atoms with van der Waals surface area (Å²) in [6, 6.07) is 7.12. The van der Waals surface area contributed by atoms with E-state index in [1.165, 1.54) is 0 Å². The van der Waals surface area contributed by atoms with Crippen LogP contribution < -0.4 is 5.32 Å². The molecule has 138 valence electrons. The van der Waals surface area contributed by atoms with Gasteiger partial charge in [-0.2, -0.15) is 0 Å². The van der Waals surface area contributed by atoms with E-state index in [9.17, 15) is 4.79 Å². The van der Waals surface area contributed by atoms with Gasteiger partial charge in [0.2, 0.25) is 5.95 Å². The molecule has 3 rings (SSSR count). The minimum atomic E-state index is -0.0249. The van der Waals surface area contributed by atoms with Gasteiger partial charge >= 0.3 is 0 Å². The monoisotopic (exact) mass is 392 g/mol. The first-order valence-corrected chi connectivity index (χ1v) is 9.58. The van der Waals surface area contributed by atoms with Gasteiger partial charge in [-0.05, 0) is 48.9 Å². The van der Waals surface area contributed by atoms with Crippen molar-refractivity contribution in [2.24, 2.45) is 5.92 Å². The van der Waals surface area contributed by atoms with Crippen molar-refractivity contribution in [1.82, 2.24) is 14.9 Å². The number of piperidine rings is 1. The Morgan fingerprint density at radius 1 is 1.27 bits per heavy atom. The molecule has 5 nitrogen and oxygen atoms in total. The lowest BCUT2D eigenvalue weighted by Crippen LogP contribution is -2.38.